The molecule has 2 N–H and O–H groups in total. The van der Waals surface area contributed by atoms with Crippen LogP contribution in [0, 0.1) is 0 Å². The Balaban J connectivity index is 2.51. The van der Waals surface area contributed by atoms with E-state index in [1.807, 2.05) is 0 Å². The van der Waals surface area contributed by atoms with Crippen LogP contribution in [0.4, 0.5) is 5.82 Å². The third-order valence-corrected chi connectivity index (χ3v) is 3.01. The van der Waals surface area contributed by atoms with Crippen LogP contribution in [0.25, 0.3) is 11.5 Å². The van der Waals surface area contributed by atoms with E-state index in [4.69, 9.17) is 0 Å². The molecule has 0 aliphatic rings. The molecule has 0 spiro atoms. The van der Waals surface area contributed by atoms with E-state index < -0.39 is 16.1 Å². The highest BCUT2D eigenvalue weighted by Gasteiger charge is 2.15. The van der Waals surface area contributed by atoms with Gasteiger partial charge in [-0.05, 0) is 19.1 Å². The highest BCUT2D eigenvalue weighted by Crippen LogP contribution is 2.23. The standard InChI is InChI=1S/C12H14N4O3S/c1-8(17)9-7-14-12(10-5-3-4-6-13-10)15-11(9)16-20(2,18)19/h3-8,17H,1-2H3,(H,14,15,16). The van der Waals surface area contributed by atoms with E-state index in [9.17, 15) is 13.5 Å². The van der Waals surface area contributed by atoms with Gasteiger partial charge in [0.05, 0.1) is 12.4 Å². The van der Waals surface area contributed by atoms with Crippen molar-refractivity contribution < 1.29 is 13.5 Å². The Kier molecular flexibility index (Phi) is 3.96. The molecule has 1 unspecified atom stereocenters. The number of hydrogen-bond donors (Lipinski definition) is 2. The van der Waals surface area contributed by atoms with Gasteiger partial charge in [-0.2, -0.15) is 0 Å². The fraction of sp³-hybridized carbons (Fsp3) is 0.250. The molecular weight excluding hydrogens is 280 g/mol. The van der Waals surface area contributed by atoms with E-state index in [2.05, 4.69) is 19.7 Å². The largest absolute Gasteiger partial charge is 0.389 e. The fourth-order valence-electron chi connectivity index (χ4n) is 1.57. The first-order valence-electron chi connectivity index (χ1n) is 5.81. The Morgan fingerprint density at radius 1 is 1.30 bits per heavy atom. The maximum Gasteiger partial charge on any atom is 0.230 e. The van der Waals surface area contributed by atoms with Gasteiger partial charge in [-0.1, -0.05) is 6.07 Å². The number of aromatic nitrogens is 3. The summed E-state index contributed by atoms with van der Waals surface area (Å²) in [6.07, 6.45) is 3.10. The number of hydrogen-bond acceptors (Lipinski definition) is 6. The number of aliphatic hydroxyl groups is 1. The van der Waals surface area contributed by atoms with Crippen LogP contribution in [0.1, 0.15) is 18.6 Å². The molecule has 0 saturated heterocycles. The topological polar surface area (TPSA) is 105 Å². The summed E-state index contributed by atoms with van der Waals surface area (Å²) >= 11 is 0. The SMILES string of the molecule is CC(O)c1cnc(-c2ccccn2)nc1NS(C)(=O)=O. The molecular formula is C12H14N4O3S. The summed E-state index contributed by atoms with van der Waals surface area (Å²) in [7, 11) is -3.50. The van der Waals surface area contributed by atoms with E-state index in [1.165, 1.54) is 13.1 Å². The lowest BCUT2D eigenvalue weighted by molar-refractivity contribution is 0.199. The summed E-state index contributed by atoms with van der Waals surface area (Å²) in [5, 5.41) is 9.63. The number of anilines is 1. The second-order valence-corrected chi connectivity index (χ2v) is 6.01. The molecule has 2 rings (SSSR count). The first-order valence-corrected chi connectivity index (χ1v) is 7.70. The molecule has 2 heterocycles. The predicted octanol–water partition coefficient (Wildman–Crippen LogP) is 0.963. The Hall–Kier alpha value is -2.06. The molecule has 2 aromatic heterocycles. The summed E-state index contributed by atoms with van der Waals surface area (Å²) in [6, 6.07) is 5.24. The lowest BCUT2D eigenvalue weighted by atomic mass is 10.2. The molecule has 2 aromatic rings. The summed E-state index contributed by atoms with van der Waals surface area (Å²) in [5.74, 6) is 0.333. The highest BCUT2D eigenvalue weighted by atomic mass is 32.2. The van der Waals surface area contributed by atoms with Crippen molar-refractivity contribution in [1.29, 1.82) is 0 Å². The van der Waals surface area contributed by atoms with E-state index in [0.717, 1.165) is 6.26 Å². The van der Waals surface area contributed by atoms with Gasteiger partial charge in [-0.3, -0.25) is 9.71 Å². The first-order chi connectivity index (χ1) is 9.37. The molecule has 0 aliphatic carbocycles. The van der Waals surface area contributed by atoms with Crippen LogP contribution in [0.2, 0.25) is 0 Å². The van der Waals surface area contributed by atoms with E-state index in [-0.39, 0.29) is 11.6 Å². The van der Waals surface area contributed by atoms with Crippen molar-refractivity contribution in [3.63, 3.8) is 0 Å². The quantitative estimate of drug-likeness (QED) is 0.870. The van der Waals surface area contributed by atoms with Gasteiger partial charge in [-0.15, -0.1) is 0 Å². The van der Waals surface area contributed by atoms with Crippen molar-refractivity contribution in [1.82, 2.24) is 15.0 Å². The minimum absolute atomic E-state index is 0.0538. The van der Waals surface area contributed by atoms with Crippen molar-refractivity contribution >= 4 is 15.8 Å². The number of nitrogens with zero attached hydrogens (tertiary/aromatic N) is 3. The van der Waals surface area contributed by atoms with Gasteiger partial charge in [0.1, 0.15) is 11.5 Å². The molecule has 106 valence electrons. The van der Waals surface area contributed by atoms with Gasteiger partial charge in [0.15, 0.2) is 5.82 Å². The highest BCUT2D eigenvalue weighted by molar-refractivity contribution is 7.92. The molecule has 0 bridgehead atoms. The number of pyridine rings is 1. The number of aliphatic hydroxyl groups excluding tert-OH is 1. The molecule has 1 atom stereocenters. The maximum atomic E-state index is 11.4. The Morgan fingerprint density at radius 3 is 2.60 bits per heavy atom. The zero-order chi connectivity index (χ0) is 14.8. The third-order valence-electron chi connectivity index (χ3n) is 2.44. The second-order valence-electron chi connectivity index (χ2n) is 4.26. The average Bonchev–Trinajstić information content (AvgIpc) is 2.37. The van der Waals surface area contributed by atoms with Crippen LogP contribution in [-0.4, -0.2) is 34.7 Å². The summed E-state index contributed by atoms with van der Waals surface area (Å²) in [5.41, 5.74) is 0.816. The van der Waals surface area contributed by atoms with Gasteiger partial charge in [-0.25, -0.2) is 18.4 Å². The molecule has 0 aromatic carbocycles. The number of sulfonamides is 1. The maximum absolute atomic E-state index is 11.4. The average molecular weight is 294 g/mol. The summed E-state index contributed by atoms with van der Waals surface area (Å²) < 4.78 is 25.0. The molecule has 8 heteroatoms. The van der Waals surface area contributed by atoms with Gasteiger partial charge < -0.3 is 5.11 Å². The number of nitrogens with one attached hydrogen (secondary N) is 1. The van der Waals surface area contributed by atoms with Crippen molar-refractivity contribution in [3.05, 3.63) is 36.2 Å². The van der Waals surface area contributed by atoms with Gasteiger partial charge >= 0.3 is 0 Å². The third kappa shape index (κ3) is 3.49. The van der Waals surface area contributed by atoms with Crippen LogP contribution < -0.4 is 4.72 Å². The lowest BCUT2D eigenvalue weighted by Gasteiger charge is -2.12. The van der Waals surface area contributed by atoms with Crippen molar-refractivity contribution in [2.45, 2.75) is 13.0 Å². The monoisotopic (exact) mass is 294 g/mol. The molecule has 0 aliphatic heterocycles. The van der Waals surface area contributed by atoms with Gasteiger partial charge in [0.2, 0.25) is 10.0 Å². The fourth-order valence-corrected chi connectivity index (χ4v) is 2.09. The molecule has 0 fully saturated rings. The normalized spacial score (nSPS) is 12.9. The van der Waals surface area contributed by atoms with E-state index in [0.29, 0.717) is 11.3 Å². The van der Waals surface area contributed by atoms with E-state index in [1.54, 1.807) is 24.4 Å². The smallest absolute Gasteiger partial charge is 0.230 e. The number of rotatable bonds is 4. The summed E-state index contributed by atoms with van der Waals surface area (Å²) in [6.45, 7) is 1.51. The Labute approximate surface area is 116 Å². The molecule has 0 amide bonds. The minimum Gasteiger partial charge on any atom is -0.389 e. The van der Waals surface area contributed by atoms with Crippen LogP contribution in [-0.2, 0) is 10.0 Å². The van der Waals surface area contributed by atoms with Crippen molar-refractivity contribution in [2.24, 2.45) is 0 Å². The van der Waals surface area contributed by atoms with Crippen molar-refractivity contribution in [3.8, 4) is 11.5 Å². The summed E-state index contributed by atoms with van der Waals surface area (Å²) in [4.78, 5) is 12.3. The zero-order valence-corrected chi connectivity index (χ0v) is 11.8. The van der Waals surface area contributed by atoms with Crippen LogP contribution >= 0.6 is 0 Å². The molecule has 7 nitrogen and oxygen atoms in total. The predicted molar refractivity (Wildman–Crippen MR) is 74.4 cm³/mol. The lowest BCUT2D eigenvalue weighted by Crippen LogP contribution is -2.14. The minimum atomic E-state index is -3.50. The Morgan fingerprint density at radius 2 is 2.05 bits per heavy atom. The Bertz CT molecular complexity index is 702. The first kappa shape index (κ1) is 14.4. The zero-order valence-electron chi connectivity index (χ0n) is 11.0. The van der Waals surface area contributed by atoms with Crippen molar-refractivity contribution in [2.75, 3.05) is 11.0 Å². The van der Waals surface area contributed by atoms with Crippen LogP contribution in [0.3, 0.4) is 0 Å². The van der Waals surface area contributed by atoms with Crippen LogP contribution in [0.5, 0.6) is 0 Å². The molecule has 0 radical (unpaired) electrons. The molecule has 20 heavy (non-hydrogen) atoms. The van der Waals surface area contributed by atoms with Crippen LogP contribution in [0.15, 0.2) is 30.6 Å². The molecule has 0 saturated carbocycles. The van der Waals surface area contributed by atoms with Gasteiger partial charge in [0, 0.05) is 18.0 Å². The van der Waals surface area contributed by atoms with Gasteiger partial charge in [0.25, 0.3) is 0 Å². The van der Waals surface area contributed by atoms with E-state index >= 15 is 0 Å². The second kappa shape index (κ2) is 5.51.